The fourth-order valence-corrected chi connectivity index (χ4v) is 4.10. The standard InChI is InChI=1S/C19H21NO6S/c1-19(2,3)13-6-4-7-15(10-13)27(23,24)17-9-5-8-16(18(17)20(21)22)26-12-14-11-25-14/h4-10,14H,11-12H2,1-3H3. The summed E-state index contributed by atoms with van der Waals surface area (Å²) < 4.78 is 36.8. The third-order valence-corrected chi connectivity index (χ3v) is 6.05. The topological polar surface area (TPSA) is 99.0 Å². The Morgan fingerprint density at radius 3 is 2.48 bits per heavy atom. The number of benzene rings is 2. The fraction of sp³-hybridized carbons (Fsp3) is 0.368. The van der Waals surface area contributed by atoms with E-state index in [0.29, 0.717) is 6.61 Å². The van der Waals surface area contributed by atoms with Gasteiger partial charge in [-0.2, -0.15) is 0 Å². The van der Waals surface area contributed by atoms with Crippen LogP contribution in [0.5, 0.6) is 5.75 Å². The Hall–Kier alpha value is -2.45. The van der Waals surface area contributed by atoms with E-state index in [2.05, 4.69) is 0 Å². The molecule has 1 saturated heterocycles. The van der Waals surface area contributed by atoms with Crippen molar-refractivity contribution in [3.8, 4) is 5.75 Å². The first-order valence-corrected chi connectivity index (χ1v) is 9.96. The summed E-state index contributed by atoms with van der Waals surface area (Å²) in [7, 11) is -4.10. The second-order valence-electron chi connectivity index (χ2n) is 7.41. The van der Waals surface area contributed by atoms with Gasteiger partial charge in [-0.25, -0.2) is 8.42 Å². The summed E-state index contributed by atoms with van der Waals surface area (Å²) in [4.78, 5) is 10.6. The van der Waals surface area contributed by atoms with Gasteiger partial charge in [0.05, 0.1) is 16.4 Å². The van der Waals surface area contributed by atoms with E-state index in [4.69, 9.17) is 9.47 Å². The van der Waals surface area contributed by atoms with Crippen LogP contribution in [0.1, 0.15) is 26.3 Å². The van der Waals surface area contributed by atoms with Crippen LogP contribution in [0.15, 0.2) is 52.3 Å². The van der Waals surface area contributed by atoms with E-state index in [0.717, 1.165) is 5.56 Å². The molecule has 7 nitrogen and oxygen atoms in total. The van der Waals surface area contributed by atoms with Crippen LogP contribution in [0, 0.1) is 10.1 Å². The second kappa shape index (κ2) is 6.94. The van der Waals surface area contributed by atoms with Gasteiger partial charge in [-0.05, 0) is 35.2 Å². The van der Waals surface area contributed by atoms with Gasteiger partial charge >= 0.3 is 5.69 Å². The maximum Gasteiger partial charge on any atom is 0.329 e. The van der Waals surface area contributed by atoms with Gasteiger partial charge in [0.2, 0.25) is 9.84 Å². The monoisotopic (exact) mass is 391 g/mol. The van der Waals surface area contributed by atoms with Crippen LogP contribution in [-0.2, 0) is 20.0 Å². The van der Waals surface area contributed by atoms with Crippen LogP contribution in [0.2, 0.25) is 0 Å². The number of para-hydroxylation sites is 1. The van der Waals surface area contributed by atoms with Crippen molar-refractivity contribution in [3.63, 3.8) is 0 Å². The van der Waals surface area contributed by atoms with Crippen LogP contribution in [-0.4, -0.2) is 32.7 Å². The number of rotatable bonds is 6. The first-order valence-electron chi connectivity index (χ1n) is 8.48. The molecule has 144 valence electrons. The number of hydrogen-bond donors (Lipinski definition) is 0. The lowest BCUT2D eigenvalue weighted by Gasteiger charge is -2.19. The van der Waals surface area contributed by atoms with E-state index in [-0.39, 0.29) is 33.7 Å². The predicted molar refractivity (Wildman–Crippen MR) is 98.9 cm³/mol. The summed E-state index contributed by atoms with van der Waals surface area (Å²) in [6.45, 7) is 6.58. The molecule has 0 aliphatic carbocycles. The fourth-order valence-electron chi connectivity index (χ4n) is 2.62. The highest BCUT2D eigenvalue weighted by atomic mass is 32.2. The Labute approximate surface area is 158 Å². The highest BCUT2D eigenvalue weighted by Crippen LogP contribution is 2.38. The minimum atomic E-state index is -4.10. The van der Waals surface area contributed by atoms with E-state index in [9.17, 15) is 18.5 Å². The molecule has 0 radical (unpaired) electrons. The van der Waals surface area contributed by atoms with E-state index in [1.807, 2.05) is 26.8 Å². The van der Waals surface area contributed by atoms with Crippen molar-refractivity contribution in [1.29, 1.82) is 0 Å². The number of nitrogens with zero attached hydrogens (tertiary/aromatic N) is 1. The Kier molecular flexibility index (Phi) is 4.96. The molecule has 0 amide bonds. The van der Waals surface area contributed by atoms with E-state index in [1.54, 1.807) is 12.1 Å². The second-order valence-corrected chi connectivity index (χ2v) is 9.33. The summed E-state index contributed by atoms with van der Waals surface area (Å²) in [5.41, 5.74) is 0.0102. The Morgan fingerprint density at radius 1 is 1.22 bits per heavy atom. The van der Waals surface area contributed by atoms with Crippen molar-refractivity contribution >= 4 is 15.5 Å². The number of epoxide rings is 1. The summed E-state index contributed by atoms with van der Waals surface area (Å²) in [6.07, 6.45) is -0.103. The number of sulfone groups is 1. The lowest BCUT2D eigenvalue weighted by molar-refractivity contribution is -0.388. The van der Waals surface area contributed by atoms with Crippen molar-refractivity contribution in [3.05, 3.63) is 58.1 Å². The van der Waals surface area contributed by atoms with Gasteiger partial charge in [0.25, 0.3) is 0 Å². The third kappa shape index (κ3) is 4.12. The molecule has 1 aliphatic heterocycles. The molecule has 1 atom stereocenters. The molecule has 8 heteroatoms. The molecule has 0 aromatic heterocycles. The average Bonchev–Trinajstić information content (AvgIpc) is 3.43. The Bertz CT molecular complexity index is 974. The van der Waals surface area contributed by atoms with E-state index >= 15 is 0 Å². The molecular formula is C19H21NO6S. The van der Waals surface area contributed by atoms with Crippen LogP contribution in [0.25, 0.3) is 0 Å². The quantitative estimate of drug-likeness (QED) is 0.424. The molecule has 3 rings (SSSR count). The number of hydrogen-bond acceptors (Lipinski definition) is 6. The number of nitro groups is 1. The van der Waals surface area contributed by atoms with Gasteiger partial charge in [-0.15, -0.1) is 0 Å². The highest BCUT2D eigenvalue weighted by Gasteiger charge is 2.33. The number of nitro benzene ring substituents is 1. The normalized spacial score (nSPS) is 16.8. The van der Waals surface area contributed by atoms with Gasteiger partial charge in [0.1, 0.15) is 12.7 Å². The summed E-state index contributed by atoms with van der Waals surface area (Å²) in [5.74, 6) is -0.0800. The lowest BCUT2D eigenvalue weighted by atomic mass is 9.87. The van der Waals surface area contributed by atoms with Crippen molar-refractivity contribution in [2.24, 2.45) is 0 Å². The first kappa shape index (κ1) is 19.3. The first-order chi connectivity index (χ1) is 12.6. The van der Waals surface area contributed by atoms with E-state index < -0.39 is 20.4 Å². The molecule has 1 unspecified atom stereocenters. The Balaban J connectivity index is 2.08. The zero-order valence-electron chi connectivity index (χ0n) is 15.3. The maximum atomic E-state index is 13.2. The van der Waals surface area contributed by atoms with Crippen molar-refractivity contribution < 1.29 is 22.8 Å². The van der Waals surface area contributed by atoms with Crippen molar-refractivity contribution in [2.45, 2.75) is 42.1 Å². The smallest absolute Gasteiger partial charge is 0.329 e. The Morgan fingerprint density at radius 2 is 1.89 bits per heavy atom. The predicted octanol–water partition coefficient (Wildman–Crippen LogP) is 3.50. The zero-order valence-corrected chi connectivity index (χ0v) is 16.2. The van der Waals surface area contributed by atoms with Crippen LogP contribution >= 0.6 is 0 Å². The van der Waals surface area contributed by atoms with Gasteiger partial charge in [0, 0.05) is 0 Å². The van der Waals surface area contributed by atoms with Crippen molar-refractivity contribution in [1.82, 2.24) is 0 Å². The van der Waals surface area contributed by atoms with E-state index in [1.165, 1.54) is 24.3 Å². The largest absolute Gasteiger partial charge is 0.484 e. The minimum absolute atomic E-state index is 0.0145. The molecule has 0 saturated carbocycles. The SMILES string of the molecule is CC(C)(C)c1cccc(S(=O)(=O)c2cccc(OCC3CO3)c2[N+](=O)[O-])c1. The van der Waals surface area contributed by atoms with Gasteiger partial charge < -0.3 is 9.47 Å². The maximum absolute atomic E-state index is 13.2. The minimum Gasteiger partial charge on any atom is -0.484 e. The molecule has 0 bridgehead atoms. The van der Waals surface area contributed by atoms with Crippen LogP contribution in [0.3, 0.4) is 0 Å². The molecule has 1 heterocycles. The van der Waals surface area contributed by atoms with Crippen LogP contribution in [0.4, 0.5) is 5.69 Å². The molecular weight excluding hydrogens is 370 g/mol. The summed E-state index contributed by atoms with van der Waals surface area (Å²) in [6, 6.07) is 10.6. The molecule has 2 aromatic rings. The molecule has 1 aliphatic rings. The molecule has 27 heavy (non-hydrogen) atoms. The number of ether oxygens (including phenoxy) is 2. The zero-order chi connectivity index (χ0) is 19.8. The van der Waals surface area contributed by atoms with Crippen LogP contribution < -0.4 is 4.74 Å². The lowest BCUT2D eigenvalue weighted by Crippen LogP contribution is -2.13. The van der Waals surface area contributed by atoms with Gasteiger partial charge in [-0.3, -0.25) is 10.1 Å². The van der Waals surface area contributed by atoms with Gasteiger partial charge in [0.15, 0.2) is 10.6 Å². The van der Waals surface area contributed by atoms with Gasteiger partial charge in [-0.1, -0.05) is 39.0 Å². The van der Waals surface area contributed by atoms with Crippen molar-refractivity contribution in [2.75, 3.05) is 13.2 Å². The average molecular weight is 391 g/mol. The molecule has 2 aromatic carbocycles. The molecule has 0 N–H and O–H groups in total. The molecule has 1 fully saturated rings. The molecule has 0 spiro atoms. The third-order valence-electron chi connectivity index (χ3n) is 4.27. The summed E-state index contributed by atoms with van der Waals surface area (Å²) >= 11 is 0. The highest BCUT2D eigenvalue weighted by molar-refractivity contribution is 7.91. The summed E-state index contributed by atoms with van der Waals surface area (Å²) in [5, 5.41) is 11.6.